The summed E-state index contributed by atoms with van der Waals surface area (Å²) in [4.78, 5) is 22.0. The van der Waals surface area contributed by atoms with Crippen LogP contribution in [0.3, 0.4) is 0 Å². The van der Waals surface area contributed by atoms with Crippen molar-refractivity contribution in [2.24, 2.45) is 7.05 Å². The highest BCUT2D eigenvalue weighted by atomic mass is 19.4. The number of hydrogen-bond acceptors (Lipinski definition) is 4. The fourth-order valence-corrected chi connectivity index (χ4v) is 1.93. The number of amides is 1. The molecule has 1 heterocycles. The van der Waals surface area contributed by atoms with Crippen LogP contribution in [-0.4, -0.2) is 20.6 Å². The molecule has 0 atom stereocenters. The highest BCUT2D eigenvalue weighted by Crippen LogP contribution is 2.29. The molecule has 0 radical (unpaired) electrons. The molecule has 0 aliphatic heterocycles. The zero-order chi connectivity index (χ0) is 17.4. The van der Waals surface area contributed by atoms with Gasteiger partial charge in [-0.1, -0.05) is 0 Å². The molecule has 122 valence electrons. The molecule has 1 aromatic heterocycles. The van der Waals surface area contributed by atoms with Crippen molar-refractivity contribution in [2.45, 2.75) is 13.1 Å². The summed E-state index contributed by atoms with van der Waals surface area (Å²) < 4.78 is 38.6. The van der Waals surface area contributed by atoms with Gasteiger partial charge in [-0.2, -0.15) is 18.3 Å². The third-order valence-corrected chi connectivity index (χ3v) is 3.07. The van der Waals surface area contributed by atoms with E-state index in [1.807, 2.05) is 0 Å². The molecule has 0 spiro atoms. The lowest BCUT2D eigenvalue weighted by molar-refractivity contribution is -0.384. The van der Waals surface area contributed by atoms with Crippen molar-refractivity contribution in [3.8, 4) is 0 Å². The van der Waals surface area contributed by atoms with Gasteiger partial charge in [0, 0.05) is 30.9 Å². The van der Waals surface area contributed by atoms with E-state index in [0.29, 0.717) is 16.3 Å². The summed E-state index contributed by atoms with van der Waals surface area (Å²) in [5.41, 5.74) is -0.960. The van der Waals surface area contributed by atoms with Crippen LogP contribution in [0.25, 0.3) is 0 Å². The number of hydrogen-bond donors (Lipinski definition) is 1. The molecule has 2 aromatic rings. The fraction of sp³-hybridized carbons (Fsp3) is 0.231. The van der Waals surface area contributed by atoms with Crippen LogP contribution in [0.2, 0.25) is 0 Å². The van der Waals surface area contributed by atoms with Crippen LogP contribution in [0.5, 0.6) is 0 Å². The third kappa shape index (κ3) is 3.47. The first-order chi connectivity index (χ1) is 10.6. The van der Waals surface area contributed by atoms with Crippen LogP contribution in [0, 0.1) is 17.0 Å². The van der Waals surface area contributed by atoms with Crippen molar-refractivity contribution in [3.05, 3.63) is 51.3 Å². The number of carbonyl (C=O) groups excluding carboxylic acids is 1. The molecule has 1 N–H and O–H groups in total. The highest BCUT2D eigenvalue weighted by molar-refractivity contribution is 6.03. The lowest BCUT2D eigenvalue weighted by atomic mass is 10.1. The molecule has 0 fully saturated rings. The Morgan fingerprint density at radius 3 is 2.48 bits per heavy atom. The van der Waals surface area contributed by atoms with Gasteiger partial charge in [-0.15, -0.1) is 0 Å². The minimum Gasteiger partial charge on any atom is -0.320 e. The minimum atomic E-state index is -4.62. The lowest BCUT2D eigenvalue weighted by Crippen LogP contribution is -2.14. The maximum atomic E-state index is 12.7. The zero-order valence-electron chi connectivity index (χ0n) is 12.0. The van der Waals surface area contributed by atoms with Crippen LogP contribution in [-0.2, 0) is 13.2 Å². The Balaban J connectivity index is 2.25. The zero-order valence-corrected chi connectivity index (χ0v) is 12.0. The van der Waals surface area contributed by atoms with Crippen molar-refractivity contribution >= 4 is 17.3 Å². The number of nitrogens with zero attached hydrogens (tertiary/aromatic N) is 3. The summed E-state index contributed by atoms with van der Waals surface area (Å²) >= 11 is 0. The first-order valence-electron chi connectivity index (χ1n) is 6.27. The maximum Gasteiger partial charge on any atom is 0.433 e. The predicted molar refractivity (Wildman–Crippen MR) is 74.0 cm³/mol. The van der Waals surface area contributed by atoms with Gasteiger partial charge >= 0.3 is 6.18 Å². The second-order valence-electron chi connectivity index (χ2n) is 4.75. The average molecular weight is 328 g/mol. The lowest BCUT2D eigenvalue weighted by Gasteiger charge is -2.06. The summed E-state index contributed by atoms with van der Waals surface area (Å²) in [6, 6.07) is 4.37. The fourth-order valence-electron chi connectivity index (χ4n) is 1.93. The number of benzene rings is 1. The largest absolute Gasteiger partial charge is 0.433 e. The Morgan fingerprint density at radius 2 is 2.00 bits per heavy atom. The van der Waals surface area contributed by atoms with Gasteiger partial charge < -0.3 is 5.32 Å². The van der Waals surface area contributed by atoms with Crippen LogP contribution < -0.4 is 5.32 Å². The first kappa shape index (κ1) is 16.5. The molecule has 0 saturated heterocycles. The van der Waals surface area contributed by atoms with Gasteiger partial charge in [0.2, 0.25) is 0 Å². The van der Waals surface area contributed by atoms with Crippen molar-refractivity contribution in [3.63, 3.8) is 0 Å². The van der Waals surface area contributed by atoms with E-state index in [1.165, 1.54) is 25.1 Å². The molecule has 23 heavy (non-hydrogen) atoms. The summed E-state index contributed by atoms with van der Waals surface area (Å²) in [5.74, 6) is -0.840. The number of nitrogens with one attached hydrogen (secondary N) is 1. The second kappa shape index (κ2) is 5.71. The number of rotatable bonds is 3. The molecule has 0 unspecified atom stereocenters. The topological polar surface area (TPSA) is 90.1 Å². The first-order valence-corrected chi connectivity index (χ1v) is 6.27. The molecular weight excluding hydrogens is 317 g/mol. The number of alkyl halides is 3. The number of nitro benzene ring substituents is 1. The summed E-state index contributed by atoms with van der Waals surface area (Å²) in [6.45, 7) is 1.53. The van der Waals surface area contributed by atoms with Crippen LogP contribution in [0.1, 0.15) is 21.7 Å². The minimum absolute atomic E-state index is 0.155. The van der Waals surface area contributed by atoms with Gasteiger partial charge in [-0.05, 0) is 18.6 Å². The molecule has 0 saturated carbocycles. The quantitative estimate of drug-likeness (QED) is 0.693. The summed E-state index contributed by atoms with van der Waals surface area (Å²) in [7, 11) is 1.08. The predicted octanol–water partition coefficient (Wildman–Crippen LogP) is 2.91. The van der Waals surface area contributed by atoms with Gasteiger partial charge in [0.05, 0.1) is 4.92 Å². The second-order valence-corrected chi connectivity index (χ2v) is 4.75. The molecule has 10 heteroatoms. The average Bonchev–Trinajstić information content (AvgIpc) is 2.83. The number of anilines is 1. The smallest absolute Gasteiger partial charge is 0.320 e. The van der Waals surface area contributed by atoms with Crippen LogP contribution >= 0.6 is 0 Å². The Morgan fingerprint density at radius 1 is 1.35 bits per heavy atom. The van der Waals surface area contributed by atoms with E-state index in [0.717, 1.165) is 7.05 Å². The van der Waals surface area contributed by atoms with E-state index in [1.54, 1.807) is 0 Å². The standard InChI is InChI=1S/C13H11F3N4O3/c1-7-5-8(20(22)23)3-4-9(7)17-12(21)10-6-11(13(14,15)16)19(2)18-10/h3-6H,1-2H3,(H,17,21). The van der Waals surface area contributed by atoms with Crippen LogP contribution in [0.15, 0.2) is 24.3 Å². The number of aromatic nitrogens is 2. The molecule has 0 aliphatic carbocycles. The van der Waals surface area contributed by atoms with Gasteiger partial charge in [0.25, 0.3) is 11.6 Å². The number of carbonyl (C=O) groups is 1. The van der Waals surface area contributed by atoms with E-state index < -0.39 is 28.4 Å². The third-order valence-electron chi connectivity index (χ3n) is 3.07. The monoisotopic (exact) mass is 328 g/mol. The number of halogens is 3. The maximum absolute atomic E-state index is 12.7. The van der Waals surface area contributed by atoms with E-state index in [4.69, 9.17) is 0 Å². The van der Waals surface area contributed by atoms with Gasteiger partial charge in [0.1, 0.15) is 5.69 Å². The highest BCUT2D eigenvalue weighted by Gasteiger charge is 2.35. The van der Waals surface area contributed by atoms with Crippen molar-refractivity contribution in [1.82, 2.24) is 9.78 Å². The van der Waals surface area contributed by atoms with E-state index in [2.05, 4.69) is 10.4 Å². The molecule has 0 bridgehead atoms. The summed E-state index contributed by atoms with van der Waals surface area (Å²) in [5, 5.41) is 16.5. The molecule has 7 nitrogen and oxygen atoms in total. The van der Waals surface area contributed by atoms with Gasteiger partial charge in [-0.3, -0.25) is 19.6 Å². The molecule has 1 amide bonds. The summed E-state index contributed by atoms with van der Waals surface area (Å²) in [6.07, 6.45) is -4.62. The molecular formula is C13H11F3N4O3. The van der Waals surface area contributed by atoms with Crippen LogP contribution in [0.4, 0.5) is 24.5 Å². The Hall–Kier alpha value is -2.91. The SMILES string of the molecule is Cc1cc([N+](=O)[O-])ccc1NC(=O)c1cc(C(F)(F)F)n(C)n1. The van der Waals surface area contributed by atoms with Gasteiger partial charge in [-0.25, -0.2) is 0 Å². The van der Waals surface area contributed by atoms with E-state index >= 15 is 0 Å². The molecule has 0 aliphatic rings. The van der Waals surface area contributed by atoms with Crippen molar-refractivity contribution < 1.29 is 22.9 Å². The van der Waals surface area contributed by atoms with Gasteiger partial charge in [0.15, 0.2) is 5.69 Å². The Kier molecular flexibility index (Phi) is 4.08. The number of non-ortho nitro benzene ring substituents is 1. The van der Waals surface area contributed by atoms with E-state index in [9.17, 15) is 28.1 Å². The van der Waals surface area contributed by atoms with E-state index in [-0.39, 0.29) is 11.4 Å². The number of nitro groups is 1. The Labute approximate surface area is 127 Å². The van der Waals surface area contributed by atoms with Crippen molar-refractivity contribution in [2.75, 3.05) is 5.32 Å². The van der Waals surface area contributed by atoms with Crippen molar-refractivity contribution in [1.29, 1.82) is 0 Å². The molecule has 1 aromatic carbocycles. The normalized spacial score (nSPS) is 11.3. The number of aryl methyl sites for hydroxylation is 2. The molecule has 2 rings (SSSR count). The Bertz CT molecular complexity index is 783.